The molecule has 0 atom stereocenters. The van der Waals surface area contributed by atoms with E-state index in [4.69, 9.17) is 0 Å². The number of nitrogens with zero attached hydrogens (tertiary/aromatic N) is 2. The molecule has 1 fully saturated rings. The molecule has 2 aromatic rings. The largest absolute Gasteiger partial charge is 0.366 e. The first-order valence-electron chi connectivity index (χ1n) is 10.5. The summed E-state index contributed by atoms with van der Waals surface area (Å²) < 4.78 is 0. The average Bonchev–Trinajstić information content (AvgIpc) is 2.99. The van der Waals surface area contributed by atoms with Crippen molar-refractivity contribution in [2.24, 2.45) is 0 Å². The van der Waals surface area contributed by atoms with E-state index >= 15 is 0 Å². The predicted molar refractivity (Wildman–Crippen MR) is 117 cm³/mol. The van der Waals surface area contributed by atoms with Crippen molar-refractivity contribution < 1.29 is 9.59 Å². The molecular formula is C25H28N2O2. The molecule has 0 aromatic heterocycles. The monoisotopic (exact) mass is 388 g/mol. The van der Waals surface area contributed by atoms with E-state index < -0.39 is 0 Å². The number of piperidine rings is 1. The predicted octanol–water partition coefficient (Wildman–Crippen LogP) is 4.89. The molecule has 0 bridgehead atoms. The summed E-state index contributed by atoms with van der Waals surface area (Å²) in [6.07, 6.45) is 3.27. The maximum atomic E-state index is 13.5. The maximum absolute atomic E-state index is 13.5. The van der Waals surface area contributed by atoms with Gasteiger partial charge in [-0.1, -0.05) is 55.8 Å². The summed E-state index contributed by atoms with van der Waals surface area (Å²) in [6.45, 7) is 7.93. The zero-order chi connectivity index (χ0) is 20.5. The van der Waals surface area contributed by atoms with Gasteiger partial charge in [0.15, 0.2) is 0 Å². The molecule has 2 heterocycles. The van der Waals surface area contributed by atoms with Gasteiger partial charge in [0.2, 0.25) is 0 Å². The SMILES string of the molecule is Cc1ccc(C2=C(N3CCCCC3)C(=O)N(c3ccc(C(C)C)cc3)C2=O)cc1. The summed E-state index contributed by atoms with van der Waals surface area (Å²) in [6, 6.07) is 15.7. The number of carbonyl (C=O) groups is 2. The highest BCUT2D eigenvalue weighted by Crippen LogP contribution is 2.36. The first-order valence-corrected chi connectivity index (χ1v) is 10.5. The lowest BCUT2D eigenvalue weighted by Crippen LogP contribution is -2.37. The second-order valence-corrected chi connectivity index (χ2v) is 8.33. The van der Waals surface area contributed by atoms with Gasteiger partial charge in [-0.2, -0.15) is 0 Å². The van der Waals surface area contributed by atoms with Gasteiger partial charge in [-0.15, -0.1) is 0 Å². The number of likely N-dealkylation sites (tertiary alicyclic amines) is 1. The van der Waals surface area contributed by atoms with Gasteiger partial charge < -0.3 is 4.90 Å². The molecule has 4 nitrogen and oxygen atoms in total. The lowest BCUT2D eigenvalue weighted by Gasteiger charge is -2.29. The van der Waals surface area contributed by atoms with Gasteiger partial charge in [-0.25, -0.2) is 4.90 Å². The van der Waals surface area contributed by atoms with Crippen LogP contribution in [0.25, 0.3) is 5.57 Å². The van der Waals surface area contributed by atoms with Crippen molar-refractivity contribution in [3.05, 3.63) is 70.9 Å². The van der Waals surface area contributed by atoms with E-state index in [1.54, 1.807) is 0 Å². The lowest BCUT2D eigenvalue weighted by molar-refractivity contribution is -0.120. The fourth-order valence-electron chi connectivity index (χ4n) is 4.15. The van der Waals surface area contributed by atoms with E-state index in [1.807, 2.05) is 55.5 Å². The zero-order valence-corrected chi connectivity index (χ0v) is 17.4. The van der Waals surface area contributed by atoms with Gasteiger partial charge in [0.1, 0.15) is 5.70 Å². The van der Waals surface area contributed by atoms with Gasteiger partial charge in [0, 0.05) is 13.1 Å². The Morgan fingerprint density at radius 1 is 0.793 bits per heavy atom. The van der Waals surface area contributed by atoms with Gasteiger partial charge in [-0.3, -0.25) is 9.59 Å². The van der Waals surface area contributed by atoms with Crippen LogP contribution in [0.3, 0.4) is 0 Å². The van der Waals surface area contributed by atoms with E-state index in [9.17, 15) is 9.59 Å². The molecule has 2 amide bonds. The summed E-state index contributed by atoms with van der Waals surface area (Å²) in [5, 5.41) is 0. The third-order valence-corrected chi connectivity index (χ3v) is 5.89. The first kappa shape index (κ1) is 19.4. The van der Waals surface area contributed by atoms with Crippen LogP contribution in [0.5, 0.6) is 0 Å². The van der Waals surface area contributed by atoms with Crippen LogP contribution in [-0.2, 0) is 9.59 Å². The average molecular weight is 389 g/mol. The van der Waals surface area contributed by atoms with Gasteiger partial charge in [0.25, 0.3) is 11.8 Å². The molecule has 4 heteroatoms. The summed E-state index contributed by atoms with van der Waals surface area (Å²) in [5.41, 5.74) is 4.87. The van der Waals surface area contributed by atoms with Gasteiger partial charge in [-0.05, 0) is 55.4 Å². The van der Waals surface area contributed by atoms with Crippen LogP contribution in [0.15, 0.2) is 54.2 Å². The molecule has 0 aliphatic carbocycles. The number of aryl methyl sites for hydroxylation is 1. The van der Waals surface area contributed by atoms with Crippen LogP contribution in [-0.4, -0.2) is 29.8 Å². The van der Waals surface area contributed by atoms with Crippen LogP contribution in [0.1, 0.15) is 55.7 Å². The maximum Gasteiger partial charge on any atom is 0.282 e. The van der Waals surface area contributed by atoms with Crippen molar-refractivity contribution in [1.82, 2.24) is 4.90 Å². The highest BCUT2D eigenvalue weighted by Gasteiger charge is 2.42. The molecule has 2 aromatic carbocycles. The van der Waals surface area contributed by atoms with Crippen LogP contribution < -0.4 is 4.90 Å². The number of benzene rings is 2. The number of hydrogen-bond donors (Lipinski definition) is 0. The third kappa shape index (κ3) is 3.59. The Bertz CT molecular complexity index is 949. The van der Waals surface area contributed by atoms with E-state index in [-0.39, 0.29) is 11.8 Å². The molecule has 2 aliphatic heterocycles. The Morgan fingerprint density at radius 3 is 2.00 bits per heavy atom. The third-order valence-electron chi connectivity index (χ3n) is 5.89. The van der Waals surface area contributed by atoms with Crippen molar-refractivity contribution in [1.29, 1.82) is 0 Å². The van der Waals surface area contributed by atoms with Gasteiger partial charge >= 0.3 is 0 Å². The highest BCUT2D eigenvalue weighted by molar-refractivity contribution is 6.45. The smallest absolute Gasteiger partial charge is 0.282 e. The number of rotatable bonds is 4. The Hall–Kier alpha value is -2.88. The Labute approximate surface area is 172 Å². The molecule has 150 valence electrons. The normalized spacial score (nSPS) is 17.7. The summed E-state index contributed by atoms with van der Waals surface area (Å²) in [4.78, 5) is 30.4. The van der Waals surface area contributed by atoms with Crippen LogP contribution in [0, 0.1) is 6.92 Å². The molecule has 0 N–H and O–H groups in total. The Kier molecular flexibility index (Phi) is 5.27. The quantitative estimate of drug-likeness (QED) is 0.700. The van der Waals surface area contributed by atoms with Crippen molar-refractivity contribution in [2.45, 2.75) is 46.0 Å². The molecule has 29 heavy (non-hydrogen) atoms. The minimum Gasteiger partial charge on any atom is -0.366 e. The van der Waals surface area contributed by atoms with Crippen molar-refractivity contribution in [3.63, 3.8) is 0 Å². The minimum absolute atomic E-state index is 0.204. The van der Waals surface area contributed by atoms with Crippen molar-refractivity contribution >= 4 is 23.1 Å². The number of carbonyl (C=O) groups excluding carboxylic acids is 2. The number of imide groups is 1. The molecule has 4 rings (SSSR count). The summed E-state index contributed by atoms with van der Waals surface area (Å²) in [5.74, 6) is -0.0271. The van der Waals surface area contributed by atoms with E-state index in [0.717, 1.165) is 37.1 Å². The van der Waals surface area contributed by atoms with Crippen molar-refractivity contribution in [2.75, 3.05) is 18.0 Å². The van der Waals surface area contributed by atoms with E-state index in [2.05, 4.69) is 18.7 Å². The molecular weight excluding hydrogens is 360 g/mol. The molecule has 2 aliphatic rings. The Morgan fingerprint density at radius 2 is 1.41 bits per heavy atom. The topological polar surface area (TPSA) is 40.6 Å². The van der Waals surface area contributed by atoms with E-state index in [0.29, 0.717) is 22.9 Å². The van der Waals surface area contributed by atoms with Crippen LogP contribution >= 0.6 is 0 Å². The fourth-order valence-corrected chi connectivity index (χ4v) is 4.15. The van der Waals surface area contributed by atoms with Crippen molar-refractivity contribution in [3.8, 4) is 0 Å². The second-order valence-electron chi connectivity index (χ2n) is 8.33. The highest BCUT2D eigenvalue weighted by atomic mass is 16.2. The standard InChI is InChI=1S/C25H28N2O2/c1-17(2)19-11-13-21(14-12-19)27-24(28)22(20-9-7-18(3)8-10-20)23(25(27)29)26-15-5-4-6-16-26/h7-14,17H,4-6,15-16H2,1-3H3. The van der Waals surface area contributed by atoms with Crippen LogP contribution in [0.4, 0.5) is 5.69 Å². The Balaban J connectivity index is 1.77. The lowest BCUT2D eigenvalue weighted by atomic mass is 10.0. The van der Waals surface area contributed by atoms with Gasteiger partial charge in [0.05, 0.1) is 11.3 Å². The number of hydrogen-bond acceptors (Lipinski definition) is 3. The minimum atomic E-state index is -0.225. The molecule has 0 saturated carbocycles. The van der Waals surface area contributed by atoms with Crippen LogP contribution in [0.2, 0.25) is 0 Å². The number of anilines is 1. The summed E-state index contributed by atoms with van der Waals surface area (Å²) in [7, 11) is 0. The molecule has 0 unspecified atom stereocenters. The fraction of sp³-hybridized carbons (Fsp3) is 0.360. The summed E-state index contributed by atoms with van der Waals surface area (Å²) >= 11 is 0. The number of amides is 2. The zero-order valence-electron chi connectivity index (χ0n) is 17.4. The van der Waals surface area contributed by atoms with E-state index in [1.165, 1.54) is 16.9 Å². The second kappa shape index (κ2) is 7.86. The first-order chi connectivity index (χ1) is 14.0. The molecule has 0 spiro atoms. The molecule has 0 radical (unpaired) electrons. The molecule has 1 saturated heterocycles.